The van der Waals surface area contributed by atoms with E-state index >= 15 is 0 Å². The number of aliphatic hydroxyl groups is 2. The monoisotopic (exact) mass is 209 g/mol. The van der Waals surface area contributed by atoms with Crippen LogP contribution in [-0.4, -0.2) is 33.7 Å². The van der Waals surface area contributed by atoms with Crippen LogP contribution >= 0.6 is 0 Å². The number of nitrogens with zero attached hydrogens (tertiary/aromatic N) is 1. The van der Waals surface area contributed by atoms with Gasteiger partial charge in [0.15, 0.2) is 0 Å². The smallest absolute Gasteiger partial charge is 0.211 e. The number of ketones is 1. The van der Waals surface area contributed by atoms with Gasteiger partial charge in [-0.25, -0.2) is 4.98 Å². The van der Waals surface area contributed by atoms with E-state index in [4.69, 9.17) is 10.2 Å². The van der Waals surface area contributed by atoms with E-state index < -0.39 is 18.5 Å². The van der Waals surface area contributed by atoms with E-state index in [2.05, 4.69) is 4.98 Å². The normalized spacial score (nSPS) is 12.5. The summed E-state index contributed by atoms with van der Waals surface area (Å²) in [4.78, 5) is 15.6. The van der Waals surface area contributed by atoms with Gasteiger partial charge in [0.05, 0.1) is 6.61 Å². The van der Waals surface area contributed by atoms with Crippen molar-refractivity contribution in [2.24, 2.45) is 0 Å². The second-order valence-corrected chi connectivity index (χ2v) is 3.33. The van der Waals surface area contributed by atoms with Crippen LogP contribution < -0.4 is 0 Å². The molecule has 0 saturated heterocycles. The summed E-state index contributed by atoms with van der Waals surface area (Å²) in [7, 11) is 0. The van der Waals surface area contributed by atoms with Gasteiger partial charge in [0.1, 0.15) is 11.8 Å². The third kappa shape index (κ3) is 3.11. The molecule has 1 heterocycles. The zero-order valence-electron chi connectivity index (χ0n) is 8.68. The highest BCUT2D eigenvalue weighted by atomic mass is 16.3. The van der Waals surface area contributed by atoms with Crippen LogP contribution in [-0.2, 0) is 6.42 Å². The lowest BCUT2D eigenvalue weighted by molar-refractivity contribution is 0.0582. The fourth-order valence-corrected chi connectivity index (χ4v) is 1.27. The van der Waals surface area contributed by atoms with Crippen LogP contribution in [0.3, 0.4) is 0 Å². The molecule has 1 rings (SSSR count). The van der Waals surface area contributed by atoms with Gasteiger partial charge in [-0.05, 0) is 18.6 Å². The maximum absolute atomic E-state index is 11.5. The van der Waals surface area contributed by atoms with Crippen LogP contribution in [0.15, 0.2) is 18.2 Å². The van der Waals surface area contributed by atoms with E-state index in [1.54, 1.807) is 12.1 Å². The molecule has 0 spiro atoms. The Kier molecular flexibility index (Phi) is 4.39. The van der Waals surface area contributed by atoms with Crippen LogP contribution in [0.5, 0.6) is 0 Å². The second-order valence-electron chi connectivity index (χ2n) is 3.33. The van der Waals surface area contributed by atoms with Crippen LogP contribution in [0.25, 0.3) is 0 Å². The summed E-state index contributed by atoms with van der Waals surface area (Å²) in [5.74, 6) is -0.532. The third-order valence-corrected chi connectivity index (χ3v) is 2.04. The summed E-state index contributed by atoms with van der Waals surface area (Å²) >= 11 is 0. The fourth-order valence-electron chi connectivity index (χ4n) is 1.27. The molecule has 82 valence electrons. The molecule has 15 heavy (non-hydrogen) atoms. The van der Waals surface area contributed by atoms with Gasteiger partial charge in [0, 0.05) is 5.69 Å². The molecular formula is C11H15NO3. The molecule has 0 bridgehead atoms. The lowest BCUT2D eigenvalue weighted by atomic mass is 10.1. The van der Waals surface area contributed by atoms with Crippen LogP contribution in [0.1, 0.15) is 29.5 Å². The first-order valence-corrected chi connectivity index (χ1v) is 4.98. The SMILES string of the molecule is CCCc1cccc(C(=O)C(O)CO)n1. The van der Waals surface area contributed by atoms with Crippen molar-refractivity contribution in [1.29, 1.82) is 0 Å². The number of carbonyl (C=O) groups excluding carboxylic acids is 1. The van der Waals surface area contributed by atoms with E-state index in [0.29, 0.717) is 0 Å². The predicted octanol–water partition coefficient (Wildman–Crippen LogP) is 0.570. The predicted molar refractivity (Wildman–Crippen MR) is 55.7 cm³/mol. The number of aromatic nitrogens is 1. The fraction of sp³-hybridized carbons (Fsp3) is 0.455. The summed E-state index contributed by atoms with van der Waals surface area (Å²) in [6, 6.07) is 5.11. The Morgan fingerprint density at radius 1 is 1.53 bits per heavy atom. The van der Waals surface area contributed by atoms with Gasteiger partial charge in [-0.2, -0.15) is 0 Å². The first-order valence-electron chi connectivity index (χ1n) is 4.98. The Hall–Kier alpha value is -1.26. The number of Topliss-reactive ketones (excluding diaryl/α,β-unsaturated/α-hetero) is 1. The molecule has 0 aliphatic heterocycles. The van der Waals surface area contributed by atoms with Crippen molar-refractivity contribution in [2.45, 2.75) is 25.9 Å². The number of hydrogen-bond acceptors (Lipinski definition) is 4. The summed E-state index contributed by atoms with van der Waals surface area (Å²) < 4.78 is 0. The van der Waals surface area contributed by atoms with Crippen LogP contribution in [0, 0.1) is 0 Å². The van der Waals surface area contributed by atoms with Gasteiger partial charge in [0.2, 0.25) is 5.78 Å². The van der Waals surface area contributed by atoms with Gasteiger partial charge in [-0.15, -0.1) is 0 Å². The van der Waals surface area contributed by atoms with Crippen molar-refractivity contribution in [1.82, 2.24) is 4.98 Å². The lowest BCUT2D eigenvalue weighted by Gasteiger charge is -2.06. The van der Waals surface area contributed by atoms with Gasteiger partial charge in [-0.3, -0.25) is 4.79 Å². The highest BCUT2D eigenvalue weighted by Gasteiger charge is 2.17. The van der Waals surface area contributed by atoms with Gasteiger partial charge in [-0.1, -0.05) is 19.4 Å². The highest BCUT2D eigenvalue weighted by Crippen LogP contribution is 2.05. The first-order chi connectivity index (χ1) is 7.19. The van der Waals surface area contributed by atoms with E-state index in [0.717, 1.165) is 18.5 Å². The zero-order valence-corrected chi connectivity index (χ0v) is 8.68. The number of pyridine rings is 1. The number of rotatable bonds is 5. The maximum atomic E-state index is 11.5. The van der Waals surface area contributed by atoms with E-state index in [1.807, 2.05) is 13.0 Å². The van der Waals surface area contributed by atoms with Gasteiger partial charge >= 0.3 is 0 Å². The maximum Gasteiger partial charge on any atom is 0.211 e. The van der Waals surface area contributed by atoms with Crippen molar-refractivity contribution in [3.05, 3.63) is 29.6 Å². The average Bonchev–Trinajstić information content (AvgIpc) is 2.28. The molecule has 0 amide bonds. The largest absolute Gasteiger partial charge is 0.393 e. The topological polar surface area (TPSA) is 70.4 Å². The Bertz CT molecular complexity index is 338. The standard InChI is InChI=1S/C11H15NO3/c1-2-4-8-5-3-6-9(12-8)11(15)10(14)7-13/h3,5-6,10,13-14H,2,4,7H2,1H3. The molecule has 0 aromatic carbocycles. The van der Waals surface area contributed by atoms with Gasteiger partial charge < -0.3 is 10.2 Å². The minimum atomic E-state index is -1.37. The minimum Gasteiger partial charge on any atom is -0.393 e. The Morgan fingerprint density at radius 2 is 2.27 bits per heavy atom. The van der Waals surface area contributed by atoms with Crippen molar-refractivity contribution >= 4 is 5.78 Å². The molecule has 1 aromatic rings. The highest BCUT2D eigenvalue weighted by molar-refractivity contribution is 5.97. The molecule has 4 nitrogen and oxygen atoms in total. The second kappa shape index (κ2) is 5.58. The quantitative estimate of drug-likeness (QED) is 0.695. The number of aryl methyl sites for hydroxylation is 1. The number of aliphatic hydroxyl groups excluding tert-OH is 2. The van der Waals surface area contributed by atoms with E-state index in [1.165, 1.54) is 0 Å². The average molecular weight is 209 g/mol. The third-order valence-electron chi connectivity index (χ3n) is 2.04. The Balaban J connectivity index is 2.85. The molecule has 0 aliphatic carbocycles. The molecule has 0 radical (unpaired) electrons. The molecule has 1 atom stereocenters. The summed E-state index contributed by atoms with van der Waals surface area (Å²) in [5.41, 5.74) is 1.04. The van der Waals surface area contributed by atoms with Gasteiger partial charge in [0.25, 0.3) is 0 Å². The van der Waals surface area contributed by atoms with Crippen LogP contribution in [0.2, 0.25) is 0 Å². The van der Waals surface area contributed by atoms with Crippen molar-refractivity contribution in [3.63, 3.8) is 0 Å². The lowest BCUT2D eigenvalue weighted by Crippen LogP contribution is -2.25. The summed E-state index contributed by atoms with van der Waals surface area (Å²) in [6.45, 7) is 1.46. The zero-order chi connectivity index (χ0) is 11.3. The van der Waals surface area contributed by atoms with Crippen molar-refractivity contribution in [2.75, 3.05) is 6.61 Å². The summed E-state index contributed by atoms with van der Waals surface area (Å²) in [6.07, 6.45) is 0.387. The first kappa shape index (κ1) is 11.8. The summed E-state index contributed by atoms with van der Waals surface area (Å²) in [5, 5.41) is 17.8. The Labute approximate surface area is 88.6 Å². The molecular weight excluding hydrogens is 194 g/mol. The van der Waals surface area contributed by atoms with Crippen LogP contribution in [0.4, 0.5) is 0 Å². The number of carbonyl (C=O) groups is 1. The number of hydrogen-bond donors (Lipinski definition) is 2. The minimum absolute atomic E-state index is 0.211. The van der Waals surface area contributed by atoms with E-state index in [9.17, 15) is 4.79 Å². The van der Waals surface area contributed by atoms with Crippen molar-refractivity contribution < 1.29 is 15.0 Å². The molecule has 1 aromatic heterocycles. The van der Waals surface area contributed by atoms with Crippen molar-refractivity contribution in [3.8, 4) is 0 Å². The molecule has 0 saturated carbocycles. The Morgan fingerprint density at radius 3 is 2.87 bits per heavy atom. The van der Waals surface area contributed by atoms with E-state index in [-0.39, 0.29) is 5.69 Å². The molecule has 0 fully saturated rings. The molecule has 0 aliphatic rings. The molecule has 4 heteroatoms. The molecule has 1 unspecified atom stereocenters. The molecule has 2 N–H and O–H groups in total.